The quantitative estimate of drug-likeness (QED) is 0.514. The molecule has 2 rings (SSSR count). The second-order valence-corrected chi connectivity index (χ2v) is 9.20. The first-order valence-corrected chi connectivity index (χ1v) is 11.3. The van der Waals surface area contributed by atoms with E-state index in [2.05, 4.69) is 5.32 Å². The smallest absolute Gasteiger partial charge is 0.303 e. The standard InChI is InChI=1S/C22H28N2O6S/c1-17(14-22(26)27)15-24(31(28,29)20-10-8-19(30-2)9-11-20)16-21(25)23-13-12-18-6-4-3-5-7-18/h3-11,17H,12-16H2,1-2H3,(H,23,25)(H,26,27). The number of nitrogens with zero attached hydrogens (tertiary/aromatic N) is 1. The van der Waals surface area contributed by atoms with Gasteiger partial charge < -0.3 is 15.2 Å². The van der Waals surface area contributed by atoms with Crippen molar-refractivity contribution < 1.29 is 27.9 Å². The van der Waals surface area contributed by atoms with Crippen molar-refractivity contribution in [2.24, 2.45) is 5.92 Å². The van der Waals surface area contributed by atoms with Crippen molar-refractivity contribution in [2.75, 3.05) is 26.7 Å². The Morgan fingerprint density at radius 3 is 2.32 bits per heavy atom. The summed E-state index contributed by atoms with van der Waals surface area (Å²) < 4.78 is 32.4. The normalized spacial score (nSPS) is 12.4. The predicted molar refractivity (Wildman–Crippen MR) is 116 cm³/mol. The molecule has 0 radical (unpaired) electrons. The fourth-order valence-corrected chi connectivity index (χ4v) is 4.58. The molecule has 0 saturated carbocycles. The molecule has 168 valence electrons. The number of hydrogen-bond donors (Lipinski definition) is 2. The van der Waals surface area contributed by atoms with Gasteiger partial charge >= 0.3 is 5.97 Å². The molecule has 0 spiro atoms. The van der Waals surface area contributed by atoms with Gasteiger partial charge in [0.25, 0.3) is 0 Å². The van der Waals surface area contributed by atoms with Gasteiger partial charge in [0.15, 0.2) is 0 Å². The molecule has 0 aliphatic rings. The lowest BCUT2D eigenvalue weighted by atomic mass is 10.1. The van der Waals surface area contributed by atoms with Crippen molar-refractivity contribution in [1.29, 1.82) is 0 Å². The number of carbonyl (C=O) groups is 2. The Balaban J connectivity index is 2.10. The Hall–Kier alpha value is -2.91. The molecule has 0 aromatic heterocycles. The molecule has 31 heavy (non-hydrogen) atoms. The number of sulfonamides is 1. The van der Waals surface area contributed by atoms with E-state index in [1.54, 1.807) is 6.92 Å². The molecular weight excluding hydrogens is 420 g/mol. The predicted octanol–water partition coefficient (Wildman–Crippen LogP) is 2.16. The van der Waals surface area contributed by atoms with Crippen LogP contribution >= 0.6 is 0 Å². The van der Waals surface area contributed by atoms with E-state index in [0.717, 1.165) is 9.87 Å². The SMILES string of the molecule is COc1ccc(S(=O)(=O)N(CC(=O)NCCc2ccccc2)CC(C)CC(=O)O)cc1. The second kappa shape index (κ2) is 11.5. The van der Waals surface area contributed by atoms with Gasteiger partial charge in [-0.2, -0.15) is 4.31 Å². The Labute approximate surface area is 182 Å². The van der Waals surface area contributed by atoms with E-state index in [4.69, 9.17) is 9.84 Å². The molecule has 0 bridgehead atoms. The van der Waals surface area contributed by atoms with Gasteiger partial charge in [0.2, 0.25) is 15.9 Å². The molecule has 2 N–H and O–H groups in total. The summed E-state index contributed by atoms with van der Waals surface area (Å²) in [6, 6.07) is 15.4. The van der Waals surface area contributed by atoms with Crippen LogP contribution in [0.4, 0.5) is 0 Å². The van der Waals surface area contributed by atoms with E-state index in [9.17, 15) is 18.0 Å². The topological polar surface area (TPSA) is 113 Å². The van der Waals surface area contributed by atoms with Crippen LogP contribution < -0.4 is 10.1 Å². The molecule has 0 saturated heterocycles. The fraction of sp³-hybridized carbons (Fsp3) is 0.364. The zero-order chi connectivity index (χ0) is 22.9. The molecule has 2 aromatic carbocycles. The van der Waals surface area contributed by atoms with Crippen molar-refractivity contribution in [1.82, 2.24) is 9.62 Å². The molecule has 1 atom stereocenters. The summed E-state index contributed by atoms with van der Waals surface area (Å²) in [7, 11) is -2.53. The van der Waals surface area contributed by atoms with Crippen LogP contribution in [0.15, 0.2) is 59.5 Å². The minimum absolute atomic E-state index is 0.00732. The molecule has 8 nitrogen and oxygen atoms in total. The maximum absolute atomic E-state index is 13.1. The number of aliphatic carboxylic acids is 1. The Morgan fingerprint density at radius 1 is 1.10 bits per heavy atom. The first-order chi connectivity index (χ1) is 14.7. The number of carboxylic acids is 1. The zero-order valence-electron chi connectivity index (χ0n) is 17.7. The summed E-state index contributed by atoms with van der Waals surface area (Å²) >= 11 is 0. The number of carbonyl (C=O) groups excluding carboxylic acids is 1. The minimum Gasteiger partial charge on any atom is -0.497 e. The second-order valence-electron chi connectivity index (χ2n) is 7.26. The number of amides is 1. The van der Waals surface area contributed by atoms with Gasteiger partial charge in [0, 0.05) is 19.5 Å². The van der Waals surface area contributed by atoms with Gasteiger partial charge in [0.1, 0.15) is 5.75 Å². The Kier molecular flexibility index (Phi) is 9.02. The van der Waals surface area contributed by atoms with E-state index >= 15 is 0 Å². The number of ether oxygens (including phenoxy) is 1. The van der Waals surface area contributed by atoms with Crippen molar-refractivity contribution in [3.63, 3.8) is 0 Å². The maximum Gasteiger partial charge on any atom is 0.303 e. The lowest BCUT2D eigenvalue weighted by molar-refractivity contribution is -0.138. The number of methoxy groups -OCH3 is 1. The Bertz CT molecular complexity index is 961. The largest absolute Gasteiger partial charge is 0.497 e. The number of nitrogens with one attached hydrogen (secondary N) is 1. The van der Waals surface area contributed by atoms with Crippen LogP contribution in [-0.4, -0.2) is 56.5 Å². The third-order valence-corrected chi connectivity index (χ3v) is 6.46. The maximum atomic E-state index is 13.1. The van der Waals surface area contributed by atoms with Crippen LogP contribution in [0.3, 0.4) is 0 Å². The van der Waals surface area contributed by atoms with E-state index in [1.807, 2.05) is 30.3 Å². The molecule has 0 aliphatic carbocycles. The van der Waals surface area contributed by atoms with E-state index in [-0.39, 0.29) is 17.9 Å². The van der Waals surface area contributed by atoms with Gasteiger partial charge in [-0.3, -0.25) is 9.59 Å². The molecule has 2 aromatic rings. The van der Waals surface area contributed by atoms with Gasteiger partial charge in [-0.1, -0.05) is 37.3 Å². The van der Waals surface area contributed by atoms with Crippen LogP contribution in [0.25, 0.3) is 0 Å². The van der Waals surface area contributed by atoms with Crippen LogP contribution in [-0.2, 0) is 26.0 Å². The summed E-state index contributed by atoms with van der Waals surface area (Å²) in [4.78, 5) is 23.5. The van der Waals surface area contributed by atoms with Crippen molar-refractivity contribution >= 4 is 21.9 Å². The highest BCUT2D eigenvalue weighted by molar-refractivity contribution is 7.89. The summed E-state index contributed by atoms with van der Waals surface area (Å²) in [6.45, 7) is 1.52. The molecule has 0 heterocycles. The van der Waals surface area contributed by atoms with Crippen LogP contribution in [0.1, 0.15) is 18.9 Å². The number of benzene rings is 2. The van der Waals surface area contributed by atoms with Crippen LogP contribution in [0.5, 0.6) is 5.75 Å². The average molecular weight is 449 g/mol. The molecule has 0 fully saturated rings. The molecule has 0 aliphatic heterocycles. The molecule has 1 amide bonds. The zero-order valence-corrected chi connectivity index (χ0v) is 18.5. The van der Waals surface area contributed by atoms with Gasteiger partial charge in [-0.15, -0.1) is 0 Å². The van der Waals surface area contributed by atoms with Gasteiger partial charge in [0.05, 0.1) is 18.6 Å². The molecular formula is C22H28N2O6S. The average Bonchev–Trinajstić information content (AvgIpc) is 2.73. The third-order valence-electron chi connectivity index (χ3n) is 4.63. The summed E-state index contributed by atoms with van der Waals surface area (Å²) in [6.07, 6.45) is 0.414. The first-order valence-electron chi connectivity index (χ1n) is 9.89. The van der Waals surface area contributed by atoms with E-state index < -0.39 is 34.4 Å². The lowest BCUT2D eigenvalue weighted by Crippen LogP contribution is -2.43. The summed E-state index contributed by atoms with van der Waals surface area (Å²) in [5.74, 6) is -1.44. The van der Waals surface area contributed by atoms with Crippen molar-refractivity contribution in [3.8, 4) is 5.75 Å². The van der Waals surface area contributed by atoms with Gasteiger partial charge in [-0.25, -0.2) is 8.42 Å². The molecule has 9 heteroatoms. The monoisotopic (exact) mass is 448 g/mol. The summed E-state index contributed by atoms with van der Waals surface area (Å²) in [5, 5.41) is 11.8. The first kappa shape index (κ1) is 24.4. The van der Waals surface area contributed by atoms with Crippen LogP contribution in [0.2, 0.25) is 0 Å². The third kappa shape index (κ3) is 7.69. The van der Waals surface area contributed by atoms with Crippen molar-refractivity contribution in [3.05, 3.63) is 60.2 Å². The highest BCUT2D eigenvalue weighted by atomic mass is 32.2. The fourth-order valence-electron chi connectivity index (χ4n) is 3.06. The van der Waals surface area contributed by atoms with E-state index in [0.29, 0.717) is 18.7 Å². The highest BCUT2D eigenvalue weighted by Crippen LogP contribution is 2.21. The number of rotatable bonds is 12. The number of carboxylic acid groups (broad SMARTS) is 1. The number of hydrogen-bond acceptors (Lipinski definition) is 5. The lowest BCUT2D eigenvalue weighted by Gasteiger charge is -2.24. The van der Waals surface area contributed by atoms with Gasteiger partial charge in [-0.05, 0) is 42.2 Å². The Morgan fingerprint density at radius 2 is 1.74 bits per heavy atom. The van der Waals surface area contributed by atoms with Crippen LogP contribution in [0, 0.1) is 5.92 Å². The van der Waals surface area contributed by atoms with Crippen molar-refractivity contribution in [2.45, 2.75) is 24.7 Å². The highest BCUT2D eigenvalue weighted by Gasteiger charge is 2.28. The van der Waals surface area contributed by atoms with E-state index in [1.165, 1.54) is 31.4 Å². The minimum atomic E-state index is -4.01. The summed E-state index contributed by atoms with van der Waals surface area (Å²) in [5.41, 5.74) is 1.06. The molecule has 1 unspecified atom stereocenters.